The summed E-state index contributed by atoms with van der Waals surface area (Å²) in [6, 6.07) is 15.6. The molecule has 4 rings (SSSR count). The van der Waals surface area contributed by atoms with Gasteiger partial charge in [0.15, 0.2) is 11.6 Å². The predicted molar refractivity (Wildman–Crippen MR) is 132 cm³/mol. The summed E-state index contributed by atoms with van der Waals surface area (Å²) in [4.78, 5) is 0. The van der Waals surface area contributed by atoms with Crippen LogP contribution in [0.5, 0.6) is 0 Å². The Kier molecular flexibility index (Phi) is 7.89. The van der Waals surface area contributed by atoms with Gasteiger partial charge in [-0.1, -0.05) is 68.0 Å². The quantitative estimate of drug-likeness (QED) is 0.303. The number of allylic oxidation sites excluding steroid dienone is 1. The van der Waals surface area contributed by atoms with Crippen LogP contribution in [0.15, 0.2) is 67.3 Å². The Morgan fingerprint density at radius 1 is 0.912 bits per heavy atom. The van der Waals surface area contributed by atoms with Gasteiger partial charge in [-0.3, -0.25) is 0 Å². The van der Waals surface area contributed by atoms with E-state index in [-0.39, 0.29) is 17.5 Å². The van der Waals surface area contributed by atoms with Crippen LogP contribution in [0, 0.1) is 23.4 Å². The average Bonchev–Trinajstić information content (AvgIpc) is 2.86. The number of ether oxygens (including phenoxy) is 1. The summed E-state index contributed by atoms with van der Waals surface area (Å²) in [5, 5.41) is 0. The van der Waals surface area contributed by atoms with Crippen molar-refractivity contribution < 1.29 is 17.9 Å². The maximum atomic E-state index is 15.0. The molecular weight excluding hydrogens is 433 g/mol. The van der Waals surface area contributed by atoms with Crippen LogP contribution in [0.25, 0.3) is 22.3 Å². The van der Waals surface area contributed by atoms with Crippen molar-refractivity contribution in [3.05, 3.63) is 95.8 Å². The lowest BCUT2D eigenvalue weighted by molar-refractivity contribution is -0.0207. The van der Waals surface area contributed by atoms with E-state index in [1.54, 1.807) is 30.3 Å². The third-order valence-electron chi connectivity index (χ3n) is 6.71. The van der Waals surface area contributed by atoms with E-state index < -0.39 is 11.6 Å². The number of halogens is 3. The molecule has 1 aliphatic rings. The highest BCUT2D eigenvalue weighted by atomic mass is 19.2. The molecule has 1 fully saturated rings. The van der Waals surface area contributed by atoms with Crippen molar-refractivity contribution in [2.24, 2.45) is 5.92 Å². The fourth-order valence-corrected chi connectivity index (χ4v) is 4.72. The molecule has 2 atom stereocenters. The molecule has 1 nitrogen and oxygen atoms in total. The van der Waals surface area contributed by atoms with Gasteiger partial charge in [-0.2, -0.15) is 0 Å². The van der Waals surface area contributed by atoms with Gasteiger partial charge >= 0.3 is 0 Å². The van der Waals surface area contributed by atoms with E-state index in [0.29, 0.717) is 35.6 Å². The van der Waals surface area contributed by atoms with E-state index in [0.717, 1.165) is 43.2 Å². The molecule has 4 heteroatoms. The van der Waals surface area contributed by atoms with Gasteiger partial charge < -0.3 is 4.74 Å². The van der Waals surface area contributed by atoms with E-state index in [9.17, 15) is 13.2 Å². The van der Waals surface area contributed by atoms with Gasteiger partial charge in [-0.05, 0) is 66.3 Å². The minimum atomic E-state index is -0.826. The highest BCUT2D eigenvalue weighted by molar-refractivity contribution is 5.71. The van der Waals surface area contributed by atoms with Crippen LogP contribution >= 0.6 is 0 Å². The Hall–Kier alpha value is -2.85. The summed E-state index contributed by atoms with van der Waals surface area (Å²) < 4.78 is 49.9. The van der Waals surface area contributed by atoms with E-state index in [1.165, 1.54) is 6.07 Å². The first-order valence-electron chi connectivity index (χ1n) is 12.1. The van der Waals surface area contributed by atoms with Crippen molar-refractivity contribution in [1.29, 1.82) is 0 Å². The van der Waals surface area contributed by atoms with Crippen LogP contribution in [0.2, 0.25) is 0 Å². The predicted octanol–water partition coefficient (Wildman–Crippen LogP) is 8.82. The molecule has 34 heavy (non-hydrogen) atoms. The van der Waals surface area contributed by atoms with Crippen molar-refractivity contribution >= 4 is 0 Å². The van der Waals surface area contributed by atoms with Crippen LogP contribution in [-0.4, -0.2) is 6.61 Å². The van der Waals surface area contributed by atoms with Gasteiger partial charge in [-0.15, -0.1) is 6.58 Å². The molecule has 0 saturated carbocycles. The largest absolute Gasteiger partial charge is 0.373 e. The van der Waals surface area contributed by atoms with Crippen LogP contribution in [0.3, 0.4) is 0 Å². The molecule has 0 N–H and O–H groups in total. The Balaban J connectivity index is 1.48. The SMILES string of the molecule is C=CCCC1CCC(c2ccc(-c3ccc(-c4ccc(CCC)c(F)c4F)cc3)cc2F)OC1. The molecule has 0 bridgehead atoms. The van der Waals surface area contributed by atoms with Crippen LogP contribution in [0.4, 0.5) is 13.2 Å². The molecule has 0 spiro atoms. The lowest BCUT2D eigenvalue weighted by atomic mass is 9.90. The molecule has 0 aliphatic carbocycles. The highest BCUT2D eigenvalue weighted by Gasteiger charge is 2.25. The Labute approximate surface area is 200 Å². The monoisotopic (exact) mass is 464 g/mol. The number of aryl methyl sites for hydroxylation is 1. The zero-order valence-electron chi connectivity index (χ0n) is 19.6. The molecule has 3 aromatic rings. The van der Waals surface area contributed by atoms with Crippen molar-refractivity contribution in [2.75, 3.05) is 6.61 Å². The van der Waals surface area contributed by atoms with Crippen molar-refractivity contribution in [2.45, 2.75) is 51.6 Å². The average molecular weight is 465 g/mol. The Bertz CT molecular complexity index is 1130. The zero-order valence-corrected chi connectivity index (χ0v) is 19.6. The second-order valence-electron chi connectivity index (χ2n) is 9.10. The van der Waals surface area contributed by atoms with Gasteiger partial charge in [-0.25, -0.2) is 13.2 Å². The zero-order chi connectivity index (χ0) is 24.1. The summed E-state index contributed by atoms with van der Waals surface area (Å²) in [5.74, 6) is -1.38. The summed E-state index contributed by atoms with van der Waals surface area (Å²) in [6.45, 7) is 6.35. The van der Waals surface area contributed by atoms with Crippen LogP contribution in [0.1, 0.15) is 56.3 Å². The number of benzene rings is 3. The first-order valence-corrected chi connectivity index (χ1v) is 12.1. The molecule has 0 aromatic heterocycles. The fraction of sp³-hybridized carbons (Fsp3) is 0.333. The fourth-order valence-electron chi connectivity index (χ4n) is 4.72. The molecule has 178 valence electrons. The van der Waals surface area contributed by atoms with Crippen LogP contribution < -0.4 is 0 Å². The smallest absolute Gasteiger partial charge is 0.166 e. The number of hydrogen-bond donors (Lipinski definition) is 0. The second kappa shape index (κ2) is 11.1. The molecule has 3 aromatic carbocycles. The topological polar surface area (TPSA) is 9.23 Å². The molecular formula is C30H31F3O. The minimum Gasteiger partial charge on any atom is -0.373 e. The van der Waals surface area contributed by atoms with Crippen molar-refractivity contribution in [3.63, 3.8) is 0 Å². The summed E-state index contributed by atoms with van der Waals surface area (Å²) >= 11 is 0. The maximum Gasteiger partial charge on any atom is 0.166 e. The number of hydrogen-bond acceptors (Lipinski definition) is 1. The molecule has 0 amide bonds. The van der Waals surface area contributed by atoms with Gasteiger partial charge in [0.2, 0.25) is 0 Å². The van der Waals surface area contributed by atoms with E-state index >= 15 is 0 Å². The minimum absolute atomic E-state index is 0.218. The molecule has 1 aliphatic heterocycles. The maximum absolute atomic E-state index is 15.0. The van der Waals surface area contributed by atoms with E-state index in [1.807, 2.05) is 31.2 Å². The molecule has 1 heterocycles. The number of rotatable bonds is 8. The Morgan fingerprint density at radius 3 is 2.29 bits per heavy atom. The first kappa shape index (κ1) is 24.3. The third kappa shape index (κ3) is 5.28. The normalized spacial score (nSPS) is 18.1. The van der Waals surface area contributed by atoms with E-state index in [2.05, 4.69) is 6.58 Å². The second-order valence-corrected chi connectivity index (χ2v) is 9.10. The van der Waals surface area contributed by atoms with Crippen LogP contribution in [-0.2, 0) is 11.2 Å². The van der Waals surface area contributed by atoms with E-state index in [4.69, 9.17) is 4.74 Å². The van der Waals surface area contributed by atoms with Gasteiger partial charge in [0.1, 0.15) is 5.82 Å². The summed E-state index contributed by atoms with van der Waals surface area (Å²) in [7, 11) is 0. The standard InChI is InChI=1S/C30H31F3O/c1-3-5-7-20-8-17-28(34-19-20)26-16-14-24(18-27(26)31)21-9-11-22(12-10-21)25-15-13-23(6-4-2)29(32)30(25)33/h3,9-16,18,20,28H,1,4-8,17,19H2,2H3. The summed E-state index contributed by atoms with van der Waals surface area (Å²) in [5.41, 5.74) is 3.34. The molecule has 1 saturated heterocycles. The summed E-state index contributed by atoms with van der Waals surface area (Å²) in [6.07, 6.45) is 6.84. The van der Waals surface area contributed by atoms with Gasteiger partial charge in [0.05, 0.1) is 12.7 Å². The Morgan fingerprint density at radius 2 is 1.65 bits per heavy atom. The first-order chi connectivity index (χ1) is 16.5. The van der Waals surface area contributed by atoms with Crippen molar-refractivity contribution in [3.8, 4) is 22.3 Å². The third-order valence-corrected chi connectivity index (χ3v) is 6.71. The van der Waals surface area contributed by atoms with Crippen molar-refractivity contribution in [1.82, 2.24) is 0 Å². The lowest BCUT2D eigenvalue weighted by Crippen LogP contribution is -2.21. The van der Waals surface area contributed by atoms with Gasteiger partial charge in [0.25, 0.3) is 0 Å². The lowest BCUT2D eigenvalue weighted by Gasteiger charge is -2.29. The molecule has 2 unspecified atom stereocenters. The van der Waals surface area contributed by atoms with Gasteiger partial charge in [0, 0.05) is 11.1 Å². The molecule has 0 radical (unpaired) electrons. The highest BCUT2D eigenvalue weighted by Crippen LogP contribution is 2.35.